The average Bonchev–Trinajstić information content (AvgIpc) is 2.76. The van der Waals surface area contributed by atoms with Crippen molar-refractivity contribution in [3.63, 3.8) is 0 Å². The molecule has 1 aliphatic rings. The first-order chi connectivity index (χ1) is 9.49. The predicted octanol–water partition coefficient (Wildman–Crippen LogP) is 0.672. The molecular weight excluding hydrogens is 264 g/mol. The van der Waals surface area contributed by atoms with Crippen LogP contribution in [0.3, 0.4) is 0 Å². The Hall–Kier alpha value is -2.31. The van der Waals surface area contributed by atoms with Gasteiger partial charge in [-0.3, -0.25) is 9.59 Å². The van der Waals surface area contributed by atoms with Crippen LogP contribution < -0.4 is 0 Å². The highest BCUT2D eigenvalue weighted by atomic mass is 16.4. The van der Waals surface area contributed by atoms with Gasteiger partial charge >= 0.3 is 5.97 Å². The fourth-order valence-electron chi connectivity index (χ4n) is 2.15. The zero-order valence-corrected chi connectivity index (χ0v) is 11.2. The van der Waals surface area contributed by atoms with Crippen LogP contribution in [0.4, 0.5) is 0 Å². The minimum absolute atomic E-state index is 0.00883. The Kier molecular flexibility index (Phi) is 4.07. The van der Waals surface area contributed by atoms with Gasteiger partial charge in [0.05, 0.1) is 5.56 Å². The van der Waals surface area contributed by atoms with Crippen molar-refractivity contribution in [3.05, 3.63) is 23.7 Å². The molecule has 1 aromatic rings. The first-order valence-electron chi connectivity index (χ1n) is 6.35. The van der Waals surface area contributed by atoms with Crippen LogP contribution in [0.1, 0.15) is 34.3 Å². The number of carboxylic acids is 1. The lowest BCUT2D eigenvalue weighted by atomic mass is 10.3. The van der Waals surface area contributed by atoms with Crippen molar-refractivity contribution in [3.8, 4) is 0 Å². The molecule has 2 amide bonds. The fraction of sp³-hybridized carbons (Fsp3) is 0.462. The first kappa shape index (κ1) is 14.1. The second-order valence-electron chi connectivity index (χ2n) is 4.66. The summed E-state index contributed by atoms with van der Waals surface area (Å²) in [5, 5.41) is 8.80. The van der Waals surface area contributed by atoms with Crippen LogP contribution in [-0.2, 0) is 4.79 Å². The zero-order valence-electron chi connectivity index (χ0n) is 11.2. The average molecular weight is 280 g/mol. The standard InChI is InChI=1S/C13H16N2O5/c1-9(16)14-3-2-4-15(6-5-14)12(17)11-7-10(8-20-11)13(18)19/h7-8H,2-6H2,1H3,(H,18,19). The quantitative estimate of drug-likeness (QED) is 0.859. The van der Waals surface area contributed by atoms with Gasteiger partial charge in [-0.2, -0.15) is 0 Å². The lowest BCUT2D eigenvalue weighted by Gasteiger charge is -2.20. The second kappa shape index (κ2) is 5.77. The minimum Gasteiger partial charge on any atom is -0.478 e. The van der Waals surface area contributed by atoms with E-state index in [2.05, 4.69) is 0 Å². The third-order valence-corrected chi connectivity index (χ3v) is 3.29. The number of rotatable bonds is 2. The third-order valence-electron chi connectivity index (χ3n) is 3.29. The molecule has 0 unspecified atom stereocenters. The van der Waals surface area contributed by atoms with E-state index >= 15 is 0 Å². The van der Waals surface area contributed by atoms with Crippen molar-refractivity contribution in [1.29, 1.82) is 0 Å². The normalized spacial score (nSPS) is 15.8. The molecule has 1 fully saturated rings. The maximum absolute atomic E-state index is 12.2. The van der Waals surface area contributed by atoms with E-state index in [1.165, 1.54) is 13.0 Å². The van der Waals surface area contributed by atoms with E-state index in [1.54, 1.807) is 9.80 Å². The molecule has 0 aromatic carbocycles. The van der Waals surface area contributed by atoms with Gasteiger partial charge in [-0.1, -0.05) is 0 Å². The van der Waals surface area contributed by atoms with Crippen molar-refractivity contribution in [1.82, 2.24) is 9.80 Å². The smallest absolute Gasteiger partial charge is 0.338 e. The summed E-state index contributed by atoms with van der Waals surface area (Å²) in [6, 6.07) is 1.22. The summed E-state index contributed by atoms with van der Waals surface area (Å²) in [4.78, 5) is 37.5. The molecular formula is C13H16N2O5. The number of hydrogen-bond donors (Lipinski definition) is 1. The number of furan rings is 1. The van der Waals surface area contributed by atoms with E-state index in [4.69, 9.17) is 9.52 Å². The Labute approximate surface area is 115 Å². The van der Waals surface area contributed by atoms with Crippen molar-refractivity contribution in [2.45, 2.75) is 13.3 Å². The van der Waals surface area contributed by atoms with Crippen LogP contribution in [0.2, 0.25) is 0 Å². The first-order valence-corrected chi connectivity index (χ1v) is 6.35. The van der Waals surface area contributed by atoms with E-state index in [0.29, 0.717) is 32.6 Å². The summed E-state index contributed by atoms with van der Waals surface area (Å²) in [6.45, 7) is 3.54. The summed E-state index contributed by atoms with van der Waals surface area (Å²) in [6.07, 6.45) is 1.74. The SMILES string of the molecule is CC(=O)N1CCCN(C(=O)c2cc(C(=O)O)co2)CC1. The summed E-state index contributed by atoms with van der Waals surface area (Å²) in [5.41, 5.74) is -0.0477. The Morgan fingerprint density at radius 2 is 1.80 bits per heavy atom. The molecule has 1 aliphatic heterocycles. The van der Waals surface area contributed by atoms with Crippen LogP contribution in [-0.4, -0.2) is 58.9 Å². The molecule has 1 N–H and O–H groups in total. The zero-order chi connectivity index (χ0) is 14.7. The summed E-state index contributed by atoms with van der Waals surface area (Å²) in [5.74, 6) is -1.47. The largest absolute Gasteiger partial charge is 0.478 e. The number of carbonyl (C=O) groups excluding carboxylic acids is 2. The topological polar surface area (TPSA) is 91.1 Å². The highest BCUT2D eigenvalue weighted by Gasteiger charge is 2.24. The Morgan fingerprint density at radius 1 is 1.15 bits per heavy atom. The van der Waals surface area contributed by atoms with Gasteiger partial charge in [0, 0.05) is 39.2 Å². The van der Waals surface area contributed by atoms with E-state index < -0.39 is 5.97 Å². The van der Waals surface area contributed by atoms with Gasteiger partial charge in [0.25, 0.3) is 5.91 Å². The number of carboxylic acid groups (broad SMARTS) is 1. The van der Waals surface area contributed by atoms with E-state index in [0.717, 1.165) is 6.26 Å². The second-order valence-corrected chi connectivity index (χ2v) is 4.66. The third kappa shape index (κ3) is 2.98. The molecule has 20 heavy (non-hydrogen) atoms. The van der Waals surface area contributed by atoms with Crippen LogP contribution >= 0.6 is 0 Å². The van der Waals surface area contributed by atoms with Gasteiger partial charge in [0.15, 0.2) is 5.76 Å². The highest BCUT2D eigenvalue weighted by molar-refractivity contribution is 5.95. The van der Waals surface area contributed by atoms with Crippen molar-refractivity contribution >= 4 is 17.8 Å². The van der Waals surface area contributed by atoms with Crippen molar-refractivity contribution in [2.75, 3.05) is 26.2 Å². The highest BCUT2D eigenvalue weighted by Crippen LogP contribution is 2.13. The lowest BCUT2D eigenvalue weighted by molar-refractivity contribution is -0.128. The molecule has 1 saturated heterocycles. The maximum atomic E-state index is 12.2. The molecule has 0 saturated carbocycles. The molecule has 2 rings (SSSR count). The van der Waals surface area contributed by atoms with E-state index in [1.807, 2.05) is 0 Å². The Balaban J connectivity index is 2.05. The predicted molar refractivity (Wildman–Crippen MR) is 68.4 cm³/mol. The van der Waals surface area contributed by atoms with Crippen LogP contribution in [0.15, 0.2) is 16.7 Å². The van der Waals surface area contributed by atoms with Gasteiger partial charge in [0.2, 0.25) is 5.91 Å². The van der Waals surface area contributed by atoms with Crippen molar-refractivity contribution in [2.24, 2.45) is 0 Å². The van der Waals surface area contributed by atoms with Gasteiger partial charge < -0.3 is 19.3 Å². The molecule has 0 aliphatic carbocycles. The number of hydrogen-bond acceptors (Lipinski definition) is 4. The molecule has 0 bridgehead atoms. The lowest BCUT2D eigenvalue weighted by Crippen LogP contribution is -2.36. The van der Waals surface area contributed by atoms with Crippen LogP contribution in [0.25, 0.3) is 0 Å². The van der Waals surface area contributed by atoms with Gasteiger partial charge in [-0.05, 0) is 6.42 Å². The number of aromatic carboxylic acids is 1. The monoisotopic (exact) mass is 280 g/mol. The molecule has 7 nitrogen and oxygen atoms in total. The summed E-state index contributed by atoms with van der Waals surface area (Å²) >= 11 is 0. The number of nitrogens with zero attached hydrogens (tertiary/aromatic N) is 2. The van der Waals surface area contributed by atoms with Gasteiger partial charge in [0.1, 0.15) is 6.26 Å². The maximum Gasteiger partial charge on any atom is 0.338 e. The Bertz CT molecular complexity index is 537. The van der Waals surface area contributed by atoms with Crippen LogP contribution in [0.5, 0.6) is 0 Å². The molecule has 0 atom stereocenters. The Morgan fingerprint density at radius 3 is 2.40 bits per heavy atom. The van der Waals surface area contributed by atoms with Gasteiger partial charge in [-0.15, -0.1) is 0 Å². The van der Waals surface area contributed by atoms with Crippen molar-refractivity contribution < 1.29 is 23.9 Å². The van der Waals surface area contributed by atoms with Crippen LogP contribution in [0, 0.1) is 0 Å². The van der Waals surface area contributed by atoms with E-state index in [-0.39, 0.29) is 23.1 Å². The summed E-state index contributed by atoms with van der Waals surface area (Å²) in [7, 11) is 0. The summed E-state index contributed by atoms with van der Waals surface area (Å²) < 4.78 is 5.00. The minimum atomic E-state index is -1.13. The molecule has 108 valence electrons. The number of amides is 2. The molecule has 0 spiro atoms. The molecule has 0 radical (unpaired) electrons. The molecule has 1 aromatic heterocycles. The van der Waals surface area contributed by atoms with Gasteiger partial charge in [-0.25, -0.2) is 4.79 Å². The number of carbonyl (C=O) groups is 3. The van der Waals surface area contributed by atoms with E-state index in [9.17, 15) is 14.4 Å². The molecule has 2 heterocycles. The fourth-order valence-corrected chi connectivity index (χ4v) is 2.15. The molecule has 7 heteroatoms.